The van der Waals surface area contributed by atoms with Gasteiger partial charge >= 0.3 is 0 Å². The van der Waals surface area contributed by atoms with Crippen LogP contribution < -0.4 is 10.0 Å². The molecule has 0 radical (unpaired) electrons. The number of nitrogens with zero attached hydrogens (tertiary/aromatic N) is 1. The van der Waals surface area contributed by atoms with E-state index in [2.05, 4.69) is 15.2 Å². The van der Waals surface area contributed by atoms with Gasteiger partial charge < -0.3 is 9.84 Å². The Kier molecular flexibility index (Phi) is 5.64. The number of carbonyl (C=O) groups excluding carboxylic acids is 1. The van der Waals surface area contributed by atoms with Crippen LogP contribution in [0.25, 0.3) is 0 Å². The van der Waals surface area contributed by atoms with Crippen molar-refractivity contribution >= 4 is 50.5 Å². The Morgan fingerprint density at radius 3 is 2.54 bits per heavy atom. The second kappa shape index (κ2) is 7.83. The first-order valence-corrected chi connectivity index (χ1v) is 10.2. The molecule has 0 atom stereocenters. The van der Waals surface area contributed by atoms with Gasteiger partial charge in [0.25, 0.3) is 15.9 Å². The zero-order chi connectivity index (χ0) is 20.5. The van der Waals surface area contributed by atoms with Crippen molar-refractivity contribution in [3.63, 3.8) is 0 Å². The first kappa shape index (κ1) is 20.2. The van der Waals surface area contributed by atoms with Gasteiger partial charge in [0.15, 0.2) is 0 Å². The smallest absolute Gasteiger partial charge is 0.262 e. The van der Waals surface area contributed by atoms with E-state index in [1.807, 2.05) is 0 Å². The fourth-order valence-electron chi connectivity index (χ4n) is 2.47. The van der Waals surface area contributed by atoms with Gasteiger partial charge in [-0.1, -0.05) is 34.4 Å². The molecular formula is C18H15Cl2N3O4S. The van der Waals surface area contributed by atoms with Crippen LogP contribution in [0, 0.1) is 13.8 Å². The van der Waals surface area contributed by atoms with Gasteiger partial charge in [0, 0.05) is 10.7 Å². The number of carbonyl (C=O) groups is 1. The van der Waals surface area contributed by atoms with Crippen molar-refractivity contribution in [3.8, 4) is 0 Å². The van der Waals surface area contributed by atoms with Gasteiger partial charge in [-0.05, 0) is 49.7 Å². The van der Waals surface area contributed by atoms with Gasteiger partial charge in [0.2, 0.25) is 0 Å². The number of rotatable bonds is 5. The molecule has 146 valence electrons. The summed E-state index contributed by atoms with van der Waals surface area (Å²) in [5.41, 5.74) is 1.14. The fraction of sp³-hybridized carbons (Fsp3) is 0.111. The average molecular weight is 440 g/mol. The minimum atomic E-state index is -3.94. The molecule has 1 heterocycles. The van der Waals surface area contributed by atoms with Crippen LogP contribution in [0.4, 0.5) is 11.4 Å². The summed E-state index contributed by atoms with van der Waals surface area (Å²) >= 11 is 12.2. The standard InChI is InChI=1S/C18H15Cl2N3O4S/c1-10-14(19)4-3-5-17(10)28(25,26)23-16-8-12(6-7-15(16)20)22-18(24)13-9-21-27-11(13)2/h3-9,23H,1-2H3,(H,22,24). The highest BCUT2D eigenvalue weighted by Crippen LogP contribution is 2.30. The topological polar surface area (TPSA) is 101 Å². The molecule has 0 unspecified atom stereocenters. The Morgan fingerprint density at radius 1 is 1.11 bits per heavy atom. The van der Waals surface area contributed by atoms with Crippen LogP contribution in [0.2, 0.25) is 10.0 Å². The van der Waals surface area contributed by atoms with Crippen LogP contribution >= 0.6 is 23.2 Å². The molecular weight excluding hydrogens is 425 g/mol. The highest BCUT2D eigenvalue weighted by atomic mass is 35.5. The van der Waals surface area contributed by atoms with Gasteiger partial charge in [-0.15, -0.1) is 0 Å². The highest BCUT2D eigenvalue weighted by molar-refractivity contribution is 7.92. The molecule has 0 saturated carbocycles. The third kappa shape index (κ3) is 4.14. The number of nitrogens with one attached hydrogen (secondary N) is 2. The number of hydrogen-bond donors (Lipinski definition) is 2. The first-order chi connectivity index (χ1) is 13.2. The summed E-state index contributed by atoms with van der Waals surface area (Å²) in [6, 6.07) is 9.03. The number of sulfonamides is 1. The summed E-state index contributed by atoms with van der Waals surface area (Å²) in [5.74, 6) is -0.0793. The van der Waals surface area contributed by atoms with Crippen molar-refractivity contribution in [2.45, 2.75) is 18.7 Å². The van der Waals surface area contributed by atoms with Crippen molar-refractivity contribution in [1.29, 1.82) is 0 Å². The number of aromatic nitrogens is 1. The summed E-state index contributed by atoms with van der Waals surface area (Å²) in [6.07, 6.45) is 1.30. The van der Waals surface area contributed by atoms with Gasteiger partial charge in [-0.25, -0.2) is 8.42 Å². The van der Waals surface area contributed by atoms with Crippen molar-refractivity contribution in [2.24, 2.45) is 0 Å². The maximum Gasteiger partial charge on any atom is 0.262 e. The summed E-state index contributed by atoms with van der Waals surface area (Å²) in [6.45, 7) is 3.22. The van der Waals surface area contributed by atoms with E-state index >= 15 is 0 Å². The van der Waals surface area contributed by atoms with E-state index in [1.54, 1.807) is 32.0 Å². The number of aryl methyl sites for hydroxylation is 1. The van der Waals surface area contributed by atoms with E-state index < -0.39 is 15.9 Å². The third-order valence-electron chi connectivity index (χ3n) is 3.97. The van der Waals surface area contributed by atoms with Gasteiger partial charge in [-0.2, -0.15) is 0 Å². The Labute approximate surface area is 171 Å². The monoisotopic (exact) mass is 439 g/mol. The highest BCUT2D eigenvalue weighted by Gasteiger charge is 2.20. The normalized spacial score (nSPS) is 11.3. The molecule has 3 rings (SSSR count). The molecule has 0 spiro atoms. The fourth-order valence-corrected chi connectivity index (χ4v) is 4.27. The summed E-state index contributed by atoms with van der Waals surface area (Å²) in [4.78, 5) is 12.3. The number of halogens is 2. The Hall–Kier alpha value is -2.55. The minimum absolute atomic E-state index is 0.0330. The van der Waals surface area contributed by atoms with E-state index in [1.165, 1.54) is 24.4 Å². The Morgan fingerprint density at radius 2 is 1.86 bits per heavy atom. The predicted octanol–water partition coefficient (Wildman–Crippen LogP) is 4.65. The second-order valence-corrected chi connectivity index (χ2v) is 8.38. The quantitative estimate of drug-likeness (QED) is 0.602. The molecule has 7 nitrogen and oxygen atoms in total. The molecule has 28 heavy (non-hydrogen) atoms. The molecule has 10 heteroatoms. The van der Waals surface area contributed by atoms with Crippen molar-refractivity contribution in [1.82, 2.24) is 5.16 Å². The van der Waals surface area contributed by atoms with Crippen LogP contribution in [0.3, 0.4) is 0 Å². The maximum atomic E-state index is 12.8. The van der Waals surface area contributed by atoms with Crippen LogP contribution in [-0.4, -0.2) is 19.5 Å². The molecule has 1 amide bonds. The molecule has 0 fully saturated rings. The van der Waals surface area contributed by atoms with E-state index in [0.717, 1.165) is 0 Å². The van der Waals surface area contributed by atoms with Gasteiger partial charge in [-0.3, -0.25) is 9.52 Å². The predicted molar refractivity (Wildman–Crippen MR) is 108 cm³/mol. The number of benzene rings is 2. The summed E-state index contributed by atoms with van der Waals surface area (Å²) in [5, 5.41) is 6.70. The average Bonchev–Trinajstić information content (AvgIpc) is 3.06. The summed E-state index contributed by atoms with van der Waals surface area (Å²) < 4.78 is 32.8. The molecule has 1 aromatic heterocycles. The third-order valence-corrected chi connectivity index (χ3v) is 6.22. The molecule has 0 aliphatic heterocycles. The van der Waals surface area contributed by atoms with Crippen molar-refractivity contribution < 1.29 is 17.7 Å². The second-order valence-electron chi connectivity index (χ2n) is 5.91. The first-order valence-electron chi connectivity index (χ1n) is 7.99. The number of hydrogen-bond acceptors (Lipinski definition) is 5. The Balaban J connectivity index is 1.89. The zero-order valence-electron chi connectivity index (χ0n) is 14.8. The lowest BCUT2D eigenvalue weighted by molar-refractivity contribution is 0.102. The van der Waals surface area contributed by atoms with E-state index in [4.69, 9.17) is 27.7 Å². The number of anilines is 2. The van der Waals surface area contributed by atoms with E-state index in [9.17, 15) is 13.2 Å². The molecule has 0 aliphatic carbocycles. The minimum Gasteiger partial charge on any atom is -0.361 e. The molecule has 0 bridgehead atoms. The molecule has 2 N–H and O–H groups in total. The lowest BCUT2D eigenvalue weighted by Gasteiger charge is -2.13. The maximum absolute atomic E-state index is 12.8. The van der Waals surface area contributed by atoms with Crippen LogP contribution in [0.1, 0.15) is 21.7 Å². The SMILES string of the molecule is Cc1oncc1C(=O)Nc1ccc(Cl)c(NS(=O)(=O)c2cccc(Cl)c2C)c1. The zero-order valence-corrected chi connectivity index (χ0v) is 17.1. The van der Waals surface area contributed by atoms with Crippen molar-refractivity contribution in [2.75, 3.05) is 10.0 Å². The molecule has 2 aromatic carbocycles. The number of amides is 1. The Bertz CT molecular complexity index is 1160. The molecule has 0 saturated heterocycles. The molecule has 3 aromatic rings. The molecule has 0 aliphatic rings. The van der Waals surface area contributed by atoms with Gasteiger partial charge in [0.05, 0.1) is 21.8 Å². The lowest BCUT2D eigenvalue weighted by atomic mass is 10.2. The van der Waals surface area contributed by atoms with E-state index in [0.29, 0.717) is 22.0 Å². The largest absolute Gasteiger partial charge is 0.361 e. The van der Waals surface area contributed by atoms with Crippen molar-refractivity contribution in [3.05, 3.63) is 69.5 Å². The van der Waals surface area contributed by atoms with E-state index in [-0.39, 0.29) is 21.2 Å². The summed E-state index contributed by atoms with van der Waals surface area (Å²) in [7, 11) is -3.94. The van der Waals surface area contributed by atoms with Gasteiger partial charge in [0.1, 0.15) is 11.3 Å². The van der Waals surface area contributed by atoms with Crippen LogP contribution in [0.15, 0.2) is 52.0 Å². The van der Waals surface area contributed by atoms with Crippen LogP contribution in [-0.2, 0) is 10.0 Å². The van der Waals surface area contributed by atoms with Crippen LogP contribution in [0.5, 0.6) is 0 Å². The lowest BCUT2D eigenvalue weighted by Crippen LogP contribution is -2.16.